The maximum absolute atomic E-state index is 12.2. The zero-order valence-corrected chi connectivity index (χ0v) is 15.0. The molecule has 2 aromatic rings. The normalized spacial score (nSPS) is 9.87. The van der Waals surface area contributed by atoms with E-state index in [1.165, 1.54) is 0 Å². The van der Waals surface area contributed by atoms with Crippen molar-refractivity contribution in [3.05, 3.63) is 52.5 Å². The van der Waals surface area contributed by atoms with Crippen molar-refractivity contribution >= 4 is 44.9 Å². The molecule has 0 spiro atoms. The van der Waals surface area contributed by atoms with Gasteiger partial charge in [0.1, 0.15) is 11.5 Å². The van der Waals surface area contributed by atoms with Gasteiger partial charge in [-0.2, -0.15) is 0 Å². The smallest absolute Gasteiger partial charge is 0.257 e. The number of hydrogen-bond donors (Lipinski definition) is 2. The number of carbonyl (C=O) groups is 1. The zero-order chi connectivity index (χ0) is 16.8. The van der Waals surface area contributed by atoms with Crippen LogP contribution in [0.3, 0.4) is 0 Å². The third kappa shape index (κ3) is 4.43. The summed E-state index contributed by atoms with van der Waals surface area (Å²) in [7, 11) is 3.13. The molecular formula is C16H15BrN2O3S. The van der Waals surface area contributed by atoms with Crippen molar-refractivity contribution in [3.8, 4) is 11.5 Å². The highest BCUT2D eigenvalue weighted by Crippen LogP contribution is 2.25. The Morgan fingerprint density at radius 2 is 1.78 bits per heavy atom. The Balaban J connectivity index is 2.05. The molecule has 1 amide bonds. The van der Waals surface area contributed by atoms with Gasteiger partial charge in [-0.3, -0.25) is 10.1 Å². The van der Waals surface area contributed by atoms with Gasteiger partial charge in [0.2, 0.25) is 0 Å². The van der Waals surface area contributed by atoms with Crippen LogP contribution in [0.25, 0.3) is 0 Å². The summed E-state index contributed by atoms with van der Waals surface area (Å²) in [6, 6.07) is 12.3. The van der Waals surface area contributed by atoms with Crippen molar-refractivity contribution in [2.45, 2.75) is 0 Å². The van der Waals surface area contributed by atoms with Crippen LogP contribution in [-0.4, -0.2) is 25.2 Å². The van der Waals surface area contributed by atoms with Gasteiger partial charge in [0.05, 0.1) is 24.4 Å². The Bertz CT molecular complexity index is 737. The molecular weight excluding hydrogens is 380 g/mol. The monoisotopic (exact) mass is 394 g/mol. The highest BCUT2D eigenvalue weighted by molar-refractivity contribution is 9.10. The zero-order valence-electron chi connectivity index (χ0n) is 12.6. The number of anilines is 1. The second kappa shape index (κ2) is 7.94. The molecule has 7 heteroatoms. The number of para-hydroxylation sites is 2. The lowest BCUT2D eigenvalue weighted by Crippen LogP contribution is -2.34. The number of carbonyl (C=O) groups excluding carboxylic acids is 1. The number of benzene rings is 2. The Labute approximate surface area is 148 Å². The van der Waals surface area contributed by atoms with E-state index in [4.69, 9.17) is 21.7 Å². The summed E-state index contributed by atoms with van der Waals surface area (Å²) in [6.07, 6.45) is 0. The van der Waals surface area contributed by atoms with Gasteiger partial charge in [-0.15, -0.1) is 0 Å². The van der Waals surface area contributed by atoms with Gasteiger partial charge >= 0.3 is 0 Å². The fraction of sp³-hybridized carbons (Fsp3) is 0.125. The molecule has 2 N–H and O–H groups in total. The molecule has 0 heterocycles. The first-order valence-corrected chi connectivity index (χ1v) is 7.84. The predicted octanol–water partition coefficient (Wildman–Crippen LogP) is 3.59. The van der Waals surface area contributed by atoms with Crippen LogP contribution < -0.4 is 20.1 Å². The number of amides is 1. The molecule has 0 atom stereocenters. The summed E-state index contributed by atoms with van der Waals surface area (Å²) in [4.78, 5) is 12.2. The highest BCUT2D eigenvalue weighted by Gasteiger charge is 2.11. The quantitative estimate of drug-likeness (QED) is 0.775. The van der Waals surface area contributed by atoms with E-state index in [0.717, 1.165) is 0 Å². The second-order valence-corrected chi connectivity index (χ2v) is 5.72. The number of thiocarbonyl (C=S) groups is 1. The van der Waals surface area contributed by atoms with E-state index in [1.54, 1.807) is 44.6 Å². The second-order valence-electron chi connectivity index (χ2n) is 4.46. The van der Waals surface area contributed by atoms with E-state index in [9.17, 15) is 4.79 Å². The molecule has 0 aliphatic rings. The Morgan fingerprint density at radius 3 is 2.43 bits per heavy atom. The molecule has 0 unspecified atom stereocenters. The largest absolute Gasteiger partial charge is 0.496 e. The van der Waals surface area contributed by atoms with Crippen LogP contribution in [0, 0.1) is 0 Å². The van der Waals surface area contributed by atoms with Gasteiger partial charge in [-0.25, -0.2) is 0 Å². The molecule has 2 aromatic carbocycles. The molecule has 120 valence electrons. The van der Waals surface area contributed by atoms with Gasteiger partial charge in [0.15, 0.2) is 5.11 Å². The number of halogens is 1. The lowest BCUT2D eigenvalue weighted by atomic mass is 10.2. The summed E-state index contributed by atoms with van der Waals surface area (Å²) in [5.74, 6) is 0.966. The van der Waals surface area contributed by atoms with E-state index >= 15 is 0 Å². The minimum Gasteiger partial charge on any atom is -0.496 e. The van der Waals surface area contributed by atoms with Gasteiger partial charge in [0, 0.05) is 5.56 Å². The molecule has 0 fully saturated rings. The lowest BCUT2D eigenvalue weighted by Gasteiger charge is -2.13. The number of hydrogen-bond acceptors (Lipinski definition) is 4. The fourth-order valence-electron chi connectivity index (χ4n) is 1.88. The van der Waals surface area contributed by atoms with Gasteiger partial charge in [-0.1, -0.05) is 12.1 Å². The molecule has 0 aliphatic carbocycles. The molecule has 0 bridgehead atoms. The van der Waals surface area contributed by atoms with Crippen molar-refractivity contribution in [2.24, 2.45) is 0 Å². The fourth-order valence-corrected chi connectivity index (χ4v) is 2.63. The van der Waals surface area contributed by atoms with Crippen LogP contribution in [0.5, 0.6) is 11.5 Å². The van der Waals surface area contributed by atoms with Crippen LogP contribution in [0.15, 0.2) is 46.9 Å². The van der Waals surface area contributed by atoms with Crippen LogP contribution in [0.2, 0.25) is 0 Å². The molecule has 0 saturated carbocycles. The number of nitrogens with one attached hydrogen (secondary N) is 2. The van der Waals surface area contributed by atoms with Crippen molar-refractivity contribution in [2.75, 3.05) is 19.5 Å². The molecule has 0 saturated heterocycles. The first kappa shape index (κ1) is 17.2. The summed E-state index contributed by atoms with van der Waals surface area (Å²) in [5, 5.41) is 5.75. The average Bonchev–Trinajstić information content (AvgIpc) is 2.55. The van der Waals surface area contributed by atoms with E-state index < -0.39 is 0 Å². The highest BCUT2D eigenvalue weighted by atomic mass is 79.9. The summed E-state index contributed by atoms with van der Waals surface area (Å²) in [6.45, 7) is 0. The van der Waals surface area contributed by atoms with Crippen molar-refractivity contribution in [1.82, 2.24) is 5.32 Å². The Hall–Kier alpha value is -2.12. The summed E-state index contributed by atoms with van der Waals surface area (Å²) in [5.41, 5.74) is 1.14. The molecule has 0 radical (unpaired) electrons. The van der Waals surface area contributed by atoms with Gasteiger partial charge in [0.25, 0.3) is 5.91 Å². The van der Waals surface area contributed by atoms with Crippen LogP contribution in [0.4, 0.5) is 5.69 Å². The number of methoxy groups -OCH3 is 2. The lowest BCUT2D eigenvalue weighted by molar-refractivity contribution is 0.0977. The van der Waals surface area contributed by atoms with Gasteiger partial charge < -0.3 is 14.8 Å². The summed E-state index contributed by atoms with van der Waals surface area (Å²) >= 11 is 8.51. The minimum absolute atomic E-state index is 0.187. The minimum atomic E-state index is -0.319. The van der Waals surface area contributed by atoms with Gasteiger partial charge in [-0.05, 0) is 58.5 Å². The van der Waals surface area contributed by atoms with E-state index in [2.05, 4.69) is 26.6 Å². The van der Waals surface area contributed by atoms with Crippen LogP contribution in [-0.2, 0) is 0 Å². The first-order valence-electron chi connectivity index (χ1n) is 6.64. The van der Waals surface area contributed by atoms with Crippen molar-refractivity contribution in [3.63, 3.8) is 0 Å². The first-order chi connectivity index (χ1) is 11.0. The predicted molar refractivity (Wildman–Crippen MR) is 97.4 cm³/mol. The molecule has 2 rings (SSSR count). The van der Waals surface area contributed by atoms with Crippen molar-refractivity contribution < 1.29 is 14.3 Å². The number of ether oxygens (including phenoxy) is 2. The molecule has 23 heavy (non-hydrogen) atoms. The molecule has 5 nitrogen and oxygen atoms in total. The van der Waals surface area contributed by atoms with Crippen LogP contribution in [0.1, 0.15) is 10.4 Å². The third-order valence-electron chi connectivity index (χ3n) is 3.00. The number of rotatable bonds is 4. The standard InChI is InChI=1S/C16H15BrN2O3S/c1-21-13-8-7-10(9-11(13)17)15(20)19-16(23)18-12-5-3-4-6-14(12)22-2/h3-9H,1-2H3,(H2,18,19,20,23). The third-order valence-corrected chi connectivity index (χ3v) is 3.82. The maximum atomic E-state index is 12.2. The Kier molecular flexibility index (Phi) is 5.95. The van der Waals surface area contributed by atoms with E-state index in [0.29, 0.717) is 27.2 Å². The maximum Gasteiger partial charge on any atom is 0.257 e. The Morgan fingerprint density at radius 1 is 1.09 bits per heavy atom. The van der Waals surface area contributed by atoms with Crippen LogP contribution >= 0.6 is 28.1 Å². The molecule has 0 aromatic heterocycles. The topological polar surface area (TPSA) is 59.6 Å². The van der Waals surface area contributed by atoms with E-state index in [1.807, 2.05) is 12.1 Å². The summed E-state index contributed by atoms with van der Waals surface area (Å²) < 4.78 is 11.0. The SMILES string of the molecule is COc1ccc(C(=O)NC(=S)Nc2ccccc2OC)cc1Br. The molecule has 0 aliphatic heterocycles. The van der Waals surface area contributed by atoms with E-state index in [-0.39, 0.29) is 11.0 Å². The van der Waals surface area contributed by atoms with Crippen molar-refractivity contribution in [1.29, 1.82) is 0 Å². The average molecular weight is 395 g/mol.